The van der Waals surface area contributed by atoms with Crippen molar-refractivity contribution in [1.29, 1.82) is 0 Å². The second-order valence-electron chi connectivity index (χ2n) is 8.38. The average Bonchev–Trinajstić information content (AvgIpc) is 2.85. The molecule has 0 aliphatic rings. The van der Waals surface area contributed by atoms with Crippen molar-refractivity contribution in [3.05, 3.63) is 88.9 Å². The van der Waals surface area contributed by atoms with Crippen LogP contribution in [0.3, 0.4) is 0 Å². The largest absolute Gasteiger partial charge is 0.491 e. The lowest BCUT2D eigenvalue weighted by atomic mass is 10.0. The summed E-state index contributed by atoms with van der Waals surface area (Å²) in [5.74, 6) is 0.174. The van der Waals surface area contributed by atoms with E-state index in [1.165, 1.54) is 24.3 Å². The Morgan fingerprint density at radius 3 is 2.32 bits per heavy atom. The van der Waals surface area contributed by atoms with Crippen LogP contribution >= 0.6 is 11.6 Å². The predicted molar refractivity (Wildman–Crippen MR) is 136 cm³/mol. The molecule has 0 fully saturated rings. The third-order valence-corrected chi connectivity index (χ3v) is 7.50. The van der Waals surface area contributed by atoms with Gasteiger partial charge in [0.15, 0.2) is 0 Å². The maximum atomic E-state index is 13.5. The van der Waals surface area contributed by atoms with E-state index >= 15 is 0 Å². The molecule has 0 atom stereocenters. The first-order valence-electron chi connectivity index (χ1n) is 11.3. The molecule has 0 bridgehead atoms. The number of rotatable bonds is 10. The van der Waals surface area contributed by atoms with Gasteiger partial charge in [-0.25, -0.2) is 8.42 Å². The van der Waals surface area contributed by atoms with Crippen LogP contribution in [0.1, 0.15) is 30.9 Å². The number of halogens is 4. The van der Waals surface area contributed by atoms with E-state index in [1.54, 1.807) is 6.07 Å². The van der Waals surface area contributed by atoms with Gasteiger partial charge in [-0.15, -0.1) is 0 Å². The molecule has 0 spiro atoms. The summed E-state index contributed by atoms with van der Waals surface area (Å²) in [4.78, 5) is 12.5. The van der Waals surface area contributed by atoms with Gasteiger partial charge in [-0.1, -0.05) is 61.8 Å². The Morgan fingerprint density at radius 1 is 1.03 bits per heavy atom. The maximum absolute atomic E-state index is 13.5. The van der Waals surface area contributed by atoms with E-state index in [0.717, 1.165) is 17.7 Å². The number of anilines is 1. The molecule has 11 heteroatoms. The lowest BCUT2D eigenvalue weighted by Gasteiger charge is -2.25. The molecule has 0 aromatic heterocycles. The average molecular weight is 555 g/mol. The molecule has 0 unspecified atom stereocenters. The summed E-state index contributed by atoms with van der Waals surface area (Å²) in [5, 5.41) is 1.98. The topological polar surface area (TPSA) is 75.7 Å². The van der Waals surface area contributed by atoms with E-state index in [0.29, 0.717) is 16.1 Å². The summed E-state index contributed by atoms with van der Waals surface area (Å²) in [6.45, 7) is 3.46. The number of sulfonamides is 1. The molecule has 0 heterocycles. The van der Waals surface area contributed by atoms with E-state index in [4.69, 9.17) is 16.3 Å². The highest BCUT2D eigenvalue weighted by atomic mass is 35.5. The van der Waals surface area contributed by atoms with Gasteiger partial charge >= 0.3 is 6.18 Å². The van der Waals surface area contributed by atoms with Gasteiger partial charge in [-0.05, 0) is 47.9 Å². The SMILES string of the molecule is CC(C)c1ccccc1OCCNC(=O)CN(c1ccc(Cl)c(C(F)(F)F)c1)S(=O)(=O)c1ccccc1. The number of nitrogens with zero attached hydrogens (tertiary/aromatic N) is 1. The molecule has 0 aliphatic heterocycles. The fraction of sp³-hybridized carbons (Fsp3) is 0.269. The lowest BCUT2D eigenvalue weighted by molar-refractivity contribution is -0.137. The van der Waals surface area contributed by atoms with E-state index in [9.17, 15) is 26.4 Å². The molecular weight excluding hydrogens is 529 g/mol. The number of para-hydroxylation sites is 1. The highest BCUT2D eigenvalue weighted by molar-refractivity contribution is 7.92. The minimum Gasteiger partial charge on any atom is -0.491 e. The fourth-order valence-corrected chi connectivity index (χ4v) is 5.21. The Kier molecular flexibility index (Phi) is 9.09. The van der Waals surface area contributed by atoms with E-state index < -0.39 is 39.2 Å². The van der Waals surface area contributed by atoms with Crippen molar-refractivity contribution in [2.75, 3.05) is 24.0 Å². The van der Waals surface area contributed by atoms with Crippen LogP contribution in [0.5, 0.6) is 5.75 Å². The third-order valence-electron chi connectivity index (χ3n) is 5.38. The highest BCUT2D eigenvalue weighted by Crippen LogP contribution is 2.38. The van der Waals surface area contributed by atoms with Crippen LogP contribution in [-0.4, -0.2) is 34.0 Å². The summed E-state index contributed by atoms with van der Waals surface area (Å²) < 4.78 is 73.4. The fourth-order valence-electron chi connectivity index (χ4n) is 3.55. The first-order valence-corrected chi connectivity index (χ1v) is 13.2. The summed E-state index contributed by atoms with van der Waals surface area (Å²) >= 11 is 5.71. The van der Waals surface area contributed by atoms with Crippen molar-refractivity contribution in [1.82, 2.24) is 5.32 Å². The van der Waals surface area contributed by atoms with Gasteiger partial charge in [0.25, 0.3) is 10.0 Å². The second-order valence-corrected chi connectivity index (χ2v) is 10.6. The van der Waals surface area contributed by atoms with Gasteiger partial charge in [0.05, 0.1) is 27.7 Å². The standard InChI is InChI=1S/C26H26ClF3N2O4S/c1-18(2)21-10-6-7-11-24(21)36-15-14-31-25(33)17-32(37(34,35)20-8-4-3-5-9-20)19-12-13-23(27)22(16-19)26(28,29)30/h3-13,16,18H,14-15,17H2,1-2H3,(H,31,33). The zero-order valence-corrected chi connectivity index (χ0v) is 21.7. The van der Waals surface area contributed by atoms with Gasteiger partial charge < -0.3 is 10.1 Å². The van der Waals surface area contributed by atoms with E-state index in [-0.39, 0.29) is 29.7 Å². The van der Waals surface area contributed by atoms with Crippen molar-refractivity contribution in [3.63, 3.8) is 0 Å². The van der Waals surface area contributed by atoms with Gasteiger partial charge in [0, 0.05) is 0 Å². The number of carbonyl (C=O) groups excluding carboxylic acids is 1. The summed E-state index contributed by atoms with van der Waals surface area (Å²) in [6.07, 6.45) is -4.82. The van der Waals surface area contributed by atoms with Gasteiger partial charge in [0.2, 0.25) is 5.91 Å². The Morgan fingerprint density at radius 2 is 1.68 bits per heavy atom. The zero-order valence-electron chi connectivity index (χ0n) is 20.1. The smallest absolute Gasteiger partial charge is 0.417 e. The number of ether oxygens (including phenoxy) is 1. The molecule has 37 heavy (non-hydrogen) atoms. The molecule has 6 nitrogen and oxygen atoms in total. The lowest BCUT2D eigenvalue weighted by Crippen LogP contribution is -2.42. The number of nitrogens with one attached hydrogen (secondary N) is 1. The van der Waals surface area contributed by atoms with Crippen molar-refractivity contribution >= 4 is 33.2 Å². The van der Waals surface area contributed by atoms with E-state index in [1.807, 2.05) is 38.1 Å². The molecule has 3 aromatic carbocycles. The molecule has 0 radical (unpaired) electrons. The van der Waals surface area contributed by atoms with Crippen molar-refractivity contribution in [3.8, 4) is 5.75 Å². The number of alkyl halides is 3. The predicted octanol–water partition coefficient (Wildman–Crippen LogP) is 5.87. The highest BCUT2D eigenvalue weighted by Gasteiger charge is 2.35. The summed E-state index contributed by atoms with van der Waals surface area (Å²) in [7, 11) is -4.38. The molecule has 1 amide bonds. The normalized spacial score (nSPS) is 11.9. The Hall–Kier alpha value is -3.24. The first kappa shape index (κ1) is 28.3. The Labute approximate surface area is 219 Å². The van der Waals surface area contributed by atoms with Gasteiger partial charge in [-0.2, -0.15) is 13.2 Å². The maximum Gasteiger partial charge on any atom is 0.417 e. The van der Waals surface area contributed by atoms with Crippen LogP contribution < -0.4 is 14.4 Å². The molecular formula is C26H26ClF3N2O4S. The minimum atomic E-state index is -4.82. The van der Waals surface area contributed by atoms with Crippen LogP contribution in [0.4, 0.5) is 18.9 Å². The van der Waals surface area contributed by atoms with Crippen molar-refractivity contribution in [2.45, 2.75) is 30.8 Å². The van der Waals surface area contributed by atoms with Crippen LogP contribution in [0, 0.1) is 0 Å². The molecule has 1 N–H and O–H groups in total. The van der Waals surface area contributed by atoms with Crippen molar-refractivity contribution in [2.24, 2.45) is 0 Å². The number of hydrogen-bond donors (Lipinski definition) is 1. The van der Waals surface area contributed by atoms with E-state index in [2.05, 4.69) is 5.32 Å². The quantitative estimate of drug-likeness (QED) is 0.318. The zero-order chi connectivity index (χ0) is 27.2. The number of benzene rings is 3. The number of amides is 1. The van der Waals surface area contributed by atoms with Crippen LogP contribution in [0.25, 0.3) is 0 Å². The molecule has 0 saturated heterocycles. The molecule has 3 rings (SSSR count). The second kappa shape index (κ2) is 11.9. The minimum absolute atomic E-state index is 0.0545. The Bertz CT molecular complexity index is 1330. The van der Waals surface area contributed by atoms with Crippen LogP contribution in [0.2, 0.25) is 5.02 Å². The van der Waals surface area contributed by atoms with Gasteiger partial charge in [0.1, 0.15) is 18.9 Å². The molecule has 3 aromatic rings. The van der Waals surface area contributed by atoms with Gasteiger partial charge in [-0.3, -0.25) is 9.10 Å². The summed E-state index contributed by atoms with van der Waals surface area (Å²) in [5.41, 5.74) is -0.562. The van der Waals surface area contributed by atoms with Crippen molar-refractivity contribution < 1.29 is 31.1 Å². The third kappa shape index (κ3) is 7.17. The monoisotopic (exact) mass is 554 g/mol. The summed E-state index contributed by atoms with van der Waals surface area (Å²) in [6, 6.07) is 17.3. The van der Waals surface area contributed by atoms with Crippen LogP contribution in [-0.2, 0) is 21.0 Å². The van der Waals surface area contributed by atoms with Crippen LogP contribution in [0.15, 0.2) is 77.7 Å². The number of hydrogen-bond acceptors (Lipinski definition) is 4. The Balaban J connectivity index is 1.80. The first-order chi connectivity index (χ1) is 17.4. The molecule has 0 aliphatic carbocycles. The molecule has 198 valence electrons. The number of carbonyl (C=O) groups is 1. The molecule has 0 saturated carbocycles.